The van der Waals surface area contributed by atoms with Gasteiger partial charge in [0.15, 0.2) is 0 Å². The van der Waals surface area contributed by atoms with Gasteiger partial charge in [-0.05, 0) is 17.7 Å². The van der Waals surface area contributed by atoms with Gasteiger partial charge < -0.3 is 0 Å². The molecule has 2 heteroatoms. The maximum Gasteiger partial charge on any atom is 0.149 e. The van der Waals surface area contributed by atoms with E-state index in [1.807, 2.05) is 0 Å². The van der Waals surface area contributed by atoms with Crippen LogP contribution in [0.15, 0.2) is 24.3 Å². The van der Waals surface area contributed by atoms with Crippen LogP contribution in [0.5, 0.6) is 0 Å². The van der Waals surface area contributed by atoms with Crippen molar-refractivity contribution in [1.82, 2.24) is 0 Å². The number of carbonyl (C=O) groups is 1. The fraction of sp³-hybridized carbons (Fsp3) is 0.182. The Bertz CT molecular complexity index is 349. The van der Waals surface area contributed by atoms with Crippen molar-refractivity contribution in [2.75, 3.05) is 0 Å². The molecule has 0 aliphatic rings. The number of hydrogen-bond donors (Lipinski definition) is 0. The monoisotopic (exact) mass is 176 g/mol. The largest absolute Gasteiger partial charge is 0.298 e. The molecule has 0 N–H and O–H groups in total. The van der Waals surface area contributed by atoms with E-state index in [-0.39, 0.29) is 24.4 Å². The number of Topliss-reactive ketones (excluding diaryl/α,β-unsaturated/α-hetero) is 1. The number of terminal acetylenes is 1. The first-order chi connectivity index (χ1) is 6.22. The van der Waals surface area contributed by atoms with Crippen molar-refractivity contribution in [2.24, 2.45) is 0 Å². The summed E-state index contributed by atoms with van der Waals surface area (Å²) >= 11 is 0. The highest BCUT2D eigenvalue weighted by atomic mass is 19.1. The molecule has 0 radical (unpaired) electrons. The molecule has 0 spiro atoms. The zero-order chi connectivity index (χ0) is 9.68. The molecule has 0 aliphatic heterocycles. The Kier molecular flexibility index (Phi) is 3.22. The van der Waals surface area contributed by atoms with E-state index >= 15 is 0 Å². The van der Waals surface area contributed by atoms with Crippen molar-refractivity contribution in [3.63, 3.8) is 0 Å². The van der Waals surface area contributed by atoms with Gasteiger partial charge in [-0.25, -0.2) is 4.39 Å². The summed E-state index contributed by atoms with van der Waals surface area (Å²) in [5.41, 5.74) is 0.667. The van der Waals surface area contributed by atoms with Crippen LogP contribution in [0.1, 0.15) is 12.0 Å². The Balaban J connectivity index is 2.65. The number of hydrogen-bond acceptors (Lipinski definition) is 1. The van der Waals surface area contributed by atoms with E-state index in [9.17, 15) is 9.18 Å². The first kappa shape index (κ1) is 9.47. The average Bonchev–Trinajstić information content (AvgIpc) is 2.04. The molecule has 1 rings (SSSR count). The molecule has 13 heavy (non-hydrogen) atoms. The van der Waals surface area contributed by atoms with Gasteiger partial charge in [0, 0.05) is 6.42 Å². The summed E-state index contributed by atoms with van der Waals surface area (Å²) in [4.78, 5) is 11.1. The van der Waals surface area contributed by atoms with Crippen LogP contribution in [0.4, 0.5) is 4.39 Å². The van der Waals surface area contributed by atoms with Gasteiger partial charge in [-0.2, -0.15) is 0 Å². The zero-order valence-electron chi connectivity index (χ0n) is 7.09. The van der Waals surface area contributed by atoms with E-state index in [1.165, 1.54) is 12.1 Å². The molecule has 0 fully saturated rings. The van der Waals surface area contributed by atoms with E-state index < -0.39 is 0 Å². The quantitative estimate of drug-likeness (QED) is 0.643. The fourth-order valence-corrected chi connectivity index (χ4v) is 1.05. The maximum atomic E-state index is 12.7. The van der Waals surface area contributed by atoms with Crippen molar-refractivity contribution in [3.05, 3.63) is 35.6 Å². The molecular weight excluding hydrogens is 167 g/mol. The highest BCUT2D eigenvalue weighted by molar-refractivity contribution is 5.82. The van der Waals surface area contributed by atoms with Gasteiger partial charge in [-0.3, -0.25) is 4.79 Å². The molecule has 66 valence electrons. The minimum atomic E-state index is -0.328. The van der Waals surface area contributed by atoms with Crippen molar-refractivity contribution in [1.29, 1.82) is 0 Å². The SMILES string of the molecule is C#CCC(=O)Cc1cccc(F)c1. The summed E-state index contributed by atoms with van der Waals surface area (Å²) in [5.74, 6) is 1.87. The van der Waals surface area contributed by atoms with Crippen LogP contribution in [0.3, 0.4) is 0 Å². The first-order valence-electron chi connectivity index (χ1n) is 3.92. The Hall–Kier alpha value is -1.62. The van der Waals surface area contributed by atoms with Crippen LogP contribution in [0, 0.1) is 18.2 Å². The van der Waals surface area contributed by atoms with Crippen molar-refractivity contribution in [3.8, 4) is 12.3 Å². The second-order valence-corrected chi connectivity index (χ2v) is 2.73. The second-order valence-electron chi connectivity index (χ2n) is 2.73. The van der Waals surface area contributed by atoms with Gasteiger partial charge in [0.25, 0.3) is 0 Å². The minimum absolute atomic E-state index is 0.0619. The molecular formula is C11H9FO. The summed E-state index contributed by atoms with van der Waals surface area (Å²) in [7, 11) is 0. The van der Waals surface area contributed by atoms with E-state index in [4.69, 9.17) is 6.42 Å². The number of benzene rings is 1. The minimum Gasteiger partial charge on any atom is -0.298 e. The lowest BCUT2D eigenvalue weighted by Gasteiger charge is -1.97. The van der Waals surface area contributed by atoms with Gasteiger partial charge in [0.2, 0.25) is 0 Å². The third kappa shape index (κ3) is 3.08. The maximum absolute atomic E-state index is 12.7. The van der Waals surface area contributed by atoms with E-state index in [0.717, 1.165) is 0 Å². The van der Waals surface area contributed by atoms with E-state index in [1.54, 1.807) is 12.1 Å². The summed E-state index contributed by atoms with van der Waals surface area (Å²) in [5, 5.41) is 0. The highest BCUT2D eigenvalue weighted by Crippen LogP contribution is 2.05. The van der Waals surface area contributed by atoms with Gasteiger partial charge in [-0.15, -0.1) is 6.42 Å². The predicted octanol–water partition coefficient (Wildman–Crippen LogP) is 1.96. The van der Waals surface area contributed by atoms with Gasteiger partial charge in [0.1, 0.15) is 11.6 Å². The fourth-order valence-electron chi connectivity index (χ4n) is 1.05. The number of rotatable bonds is 3. The lowest BCUT2D eigenvalue weighted by molar-refractivity contribution is -0.117. The molecule has 0 bridgehead atoms. The normalized spacial score (nSPS) is 9.23. The Morgan fingerprint density at radius 2 is 2.31 bits per heavy atom. The molecule has 0 heterocycles. The molecule has 0 saturated heterocycles. The standard InChI is InChI=1S/C11H9FO/c1-2-4-11(13)8-9-5-3-6-10(12)7-9/h1,3,5-7H,4,8H2. The summed E-state index contributed by atoms with van der Waals surface area (Å²) in [6.45, 7) is 0. The molecule has 0 saturated carbocycles. The van der Waals surface area contributed by atoms with E-state index in [2.05, 4.69) is 5.92 Å². The van der Waals surface area contributed by atoms with Crippen LogP contribution < -0.4 is 0 Å². The highest BCUT2D eigenvalue weighted by Gasteiger charge is 2.02. The molecule has 0 aliphatic carbocycles. The molecule has 1 aromatic carbocycles. The molecule has 0 amide bonds. The second kappa shape index (κ2) is 4.42. The van der Waals surface area contributed by atoms with Crippen molar-refractivity contribution in [2.45, 2.75) is 12.8 Å². The number of halogens is 1. The lowest BCUT2D eigenvalue weighted by atomic mass is 10.1. The van der Waals surface area contributed by atoms with Crippen molar-refractivity contribution < 1.29 is 9.18 Å². The Labute approximate surface area is 76.6 Å². The molecule has 0 aromatic heterocycles. The molecule has 1 nitrogen and oxygen atoms in total. The Morgan fingerprint density at radius 3 is 2.92 bits per heavy atom. The third-order valence-electron chi connectivity index (χ3n) is 1.59. The van der Waals surface area contributed by atoms with Crippen LogP contribution >= 0.6 is 0 Å². The number of carbonyl (C=O) groups excluding carboxylic acids is 1. The first-order valence-corrected chi connectivity index (χ1v) is 3.92. The van der Waals surface area contributed by atoms with Crippen molar-refractivity contribution >= 4 is 5.78 Å². The third-order valence-corrected chi connectivity index (χ3v) is 1.59. The molecule has 1 aromatic rings. The summed E-state index contributed by atoms with van der Waals surface area (Å²) in [6, 6.07) is 5.97. The van der Waals surface area contributed by atoms with E-state index in [0.29, 0.717) is 5.56 Å². The van der Waals surface area contributed by atoms with Crippen LogP contribution in [-0.4, -0.2) is 5.78 Å². The predicted molar refractivity (Wildman–Crippen MR) is 48.6 cm³/mol. The average molecular weight is 176 g/mol. The van der Waals surface area contributed by atoms with Crippen LogP contribution in [-0.2, 0) is 11.2 Å². The zero-order valence-corrected chi connectivity index (χ0v) is 7.09. The molecule has 0 atom stereocenters. The topological polar surface area (TPSA) is 17.1 Å². The van der Waals surface area contributed by atoms with Gasteiger partial charge in [-0.1, -0.05) is 18.1 Å². The lowest BCUT2D eigenvalue weighted by Crippen LogP contribution is -2.01. The Morgan fingerprint density at radius 1 is 1.54 bits per heavy atom. The van der Waals surface area contributed by atoms with Crippen LogP contribution in [0.2, 0.25) is 0 Å². The number of ketones is 1. The molecule has 0 unspecified atom stereocenters. The summed E-state index contributed by atoms with van der Waals surface area (Å²) in [6.07, 6.45) is 5.29. The van der Waals surface area contributed by atoms with Gasteiger partial charge >= 0.3 is 0 Å². The van der Waals surface area contributed by atoms with Crippen LogP contribution in [0.25, 0.3) is 0 Å². The van der Waals surface area contributed by atoms with Gasteiger partial charge in [0.05, 0.1) is 6.42 Å². The summed E-state index contributed by atoms with van der Waals surface area (Å²) < 4.78 is 12.7. The smallest absolute Gasteiger partial charge is 0.149 e.